The number of nitrogens with zero attached hydrogens (tertiary/aromatic N) is 3. The summed E-state index contributed by atoms with van der Waals surface area (Å²) in [5.41, 5.74) is 8.80. The number of nitrogen functional groups attached to an aromatic ring is 1. The van der Waals surface area contributed by atoms with Crippen molar-refractivity contribution in [1.29, 1.82) is 0 Å². The highest BCUT2D eigenvalue weighted by Gasteiger charge is 2.20. The number of anilines is 1. The maximum atomic E-state index is 5.94. The number of fused-ring (bicyclic) bond motifs is 1. The van der Waals surface area contributed by atoms with Crippen LogP contribution in [-0.2, 0) is 6.54 Å². The molecule has 1 saturated carbocycles. The molecule has 2 aromatic rings. The van der Waals surface area contributed by atoms with Crippen LogP contribution in [0.25, 0.3) is 11.2 Å². The van der Waals surface area contributed by atoms with Crippen molar-refractivity contribution >= 4 is 17.1 Å². The monoisotopic (exact) mass is 216 g/mol. The largest absolute Gasteiger partial charge is 0.369 e. The Morgan fingerprint density at radius 2 is 2.19 bits per heavy atom. The minimum absolute atomic E-state index is 0.597. The lowest BCUT2D eigenvalue weighted by Gasteiger charge is -2.25. The molecule has 4 nitrogen and oxygen atoms in total. The lowest BCUT2D eigenvalue weighted by molar-refractivity contribution is 0.280. The van der Waals surface area contributed by atoms with E-state index in [2.05, 4.69) is 14.5 Å². The third kappa shape index (κ3) is 1.45. The van der Waals surface area contributed by atoms with E-state index in [9.17, 15) is 0 Å². The second-order valence-electron chi connectivity index (χ2n) is 4.67. The highest BCUT2D eigenvalue weighted by Crippen LogP contribution is 2.30. The average Bonchev–Trinajstić information content (AvgIpc) is 2.48. The Hall–Kier alpha value is -1.58. The van der Waals surface area contributed by atoms with Gasteiger partial charge < -0.3 is 5.73 Å². The summed E-state index contributed by atoms with van der Waals surface area (Å²) in [7, 11) is 0. The Morgan fingerprint density at radius 3 is 2.88 bits per heavy atom. The lowest BCUT2D eigenvalue weighted by Crippen LogP contribution is -2.19. The van der Waals surface area contributed by atoms with Gasteiger partial charge in [0, 0.05) is 12.2 Å². The highest BCUT2D eigenvalue weighted by molar-refractivity contribution is 5.74. The van der Waals surface area contributed by atoms with Crippen LogP contribution in [0.5, 0.6) is 0 Å². The molecule has 2 heterocycles. The quantitative estimate of drug-likeness (QED) is 0.836. The lowest BCUT2D eigenvalue weighted by atomic mass is 9.85. The first kappa shape index (κ1) is 9.63. The normalized spacial score (nSPS) is 16.6. The fourth-order valence-electron chi connectivity index (χ4n) is 2.23. The van der Waals surface area contributed by atoms with Crippen LogP contribution in [0.2, 0.25) is 0 Å². The molecule has 1 fully saturated rings. The average molecular weight is 216 g/mol. The fraction of sp³-hybridized carbons (Fsp3) is 0.500. The van der Waals surface area contributed by atoms with Crippen LogP contribution in [-0.4, -0.2) is 14.5 Å². The number of nitrogens with two attached hydrogens (primary N) is 1. The van der Waals surface area contributed by atoms with E-state index in [0.717, 1.165) is 29.3 Å². The number of rotatable bonds is 2. The van der Waals surface area contributed by atoms with Crippen molar-refractivity contribution in [2.45, 2.75) is 32.7 Å². The summed E-state index contributed by atoms with van der Waals surface area (Å²) >= 11 is 0. The summed E-state index contributed by atoms with van der Waals surface area (Å²) in [6, 6.07) is 3.97. The minimum atomic E-state index is 0.597. The summed E-state index contributed by atoms with van der Waals surface area (Å²) in [5.74, 6) is 1.36. The van der Waals surface area contributed by atoms with E-state index in [-0.39, 0.29) is 0 Å². The van der Waals surface area contributed by atoms with Gasteiger partial charge in [0.05, 0.1) is 0 Å². The molecular weight excluding hydrogens is 200 g/mol. The van der Waals surface area contributed by atoms with Gasteiger partial charge in [-0.15, -0.1) is 0 Å². The summed E-state index contributed by atoms with van der Waals surface area (Å²) in [6.45, 7) is 2.97. The van der Waals surface area contributed by atoms with Crippen LogP contribution >= 0.6 is 0 Å². The van der Waals surface area contributed by atoms with Gasteiger partial charge in [-0.05, 0) is 37.8 Å². The van der Waals surface area contributed by atoms with Crippen LogP contribution < -0.4 is 5.73 Å². The molecule has 0 saturated heterocycles. The molecule has 0 radical (unpaired) electrons. The van der Waals surface area contributed by atoms with E-state index < -0.39 is 0 Å². The Kier molecular flexibility index (Phi) is 2.09. The van der Waals surface area contributed by atoms with E-state index >= 15 is 0 Å². The SMILES string of the molecule is Cc1ccc2nc(N)n(CC3CCC3)c2n1. The Bertz CT molecular complexity index is 525. The molecule has 16 heavy (non-hydrogen) atoms. The number of hydrogen-bond donors (Lipinski definition) is 1. The molecule has 0 unspecified atom stereocenters. The first-order valence-electron chi connectivity index (χ1n) is 5.83. The summed E-state index contributed by atoms with van der Waals surface area (Å²) < 4.78 is 2.06. The number of pyridine rings is 1. The zero-order chi connectivity index (χ0) is 11.1. The van der Waals surface area contributed by atoms with Gasteiger partial charge in [0.2, 0.25) is 5.95 Å². The summed E-state index contributed by atoms with van der Waals surface area (Å²) in [4.78, 5) is 8.87. The predicted octanol–water partition coefficient (Wildman–Crippen LogP) is 2.12. The van der Waals surface area contributed by atoms with Crippen LogP contribution in [0.15, 0.2) is 12.1 Å². The van der Waals surface area contributed by atoms with Gasteiger partial charge in [-0.25, -0.2) is 9.97 Å². The van der Waals surface area contributed by atoms with Gasteiger partial charge in [-0.3, -0.25) is 4.57 Å². The molecule has 0 aromatic carbocycles. The fourth-order valence-corrected chi connectivity index (χ4v) is 2.23. The van der Waals surface area contributed by atoms with Crippen molar-refractivity contribution in [2.24, 2.45) is 5.92 Å². The standard InChI is InChI=1S/C12H16N4/c1-8-5-6-10-11(14-8)16(12(13)15-10)7-9-3-2-4-9/h5-6,9H,2-4,7H2,1H3,(H2,13,15). The Morgan fingerprint density at radius 1 is 1.38 bits per heavy atom. The van der Waals surface area contributed by atoms with E-state index in [0.29, 0.717) is 5.95 Å². The first-order valence-corrected chi connectivity index (χ1v) is 5.83. The second-order valence-corrected chi connectivity index (χ2v) is 4.67. The van der Waals surface area contributed by atoms with Gasteiger partial charge >= 0.3 is 0 Å². The molecule has 0 spiro atoms. The van der Waals surface area contributed by atoms with Crippen molar-refractivity contribution in [3.05, 3.63) is 17.8 Å². The van der Waals surface area contributed by atoms with Crippen LogP contribution in [0, 0.1) is 12.8 Å². The maximum Gasteiger partial charge on any atom is 0.202 e. The highest BCUT2D eigenvalue weighted by atomic mass is 15.2. The molecule has 1 aliphatic carbocycles. The topological polar surface area (TPSA) is 56.7 Å². The number of aryl methyl sites for hydroxylation is 1. The van der Waals surface area contributed by atoms with Crippen molar-refractivity contribution < 1.29 is 0 Å². The van der Waals surface area contributed by atoms with E-state index in [1.54, 1.807) is 0 Å². The summed E-state index contributed by atoms with van der Waals surface area (Å²) in [6.07, 6.45) is 3.97. The van der Waals surface area contributed by atoms with Gasteiger partial charge in [-0.2, -0.15) is 0 Å². The van der Waals surface area contributed by atoms with E-state index in [1.807, 2.05) is 19.1 Å². The number of imidazole rings is 1. The van der Waals surface area contributed by atoms with Crippen molar-refractivity contribution in [2.75, 3.05) is 5.73 Å². The van der Waals surface area contributed by atoms with Gasteiger partial charge in [0.25, 0.3) is 0 Å². The first-order chi connectivity index (χ1) is 7.74. The minimum Gasteiger partial charge on any atom is -0.369 e. The van der Waals surface area contributed by atoms with Crippen molar-refractivity contribution in [3.63, 3.8) is 0 Å². The Labute approximate surface area is 94.5 Å². The van der Waals surface area contributed by atoms with Crippen molar-refractivity contribution in [3.8, 4) is 0 Å². The third-order valence-electron chi connectivity index (χ3n) is 3.43. The molecule has 2 aromatic heterocycles. The predicted molar refractivity (Wildman–Crippen MR) is 64.0 cm³/mol. The molecule has 3 rings (SSSR count). The van der Waals surface area contributed by atoms with Crippen LogP contribution in [0.1, 0.15) is 25.0 Å². The molecule has 0 atom stereocenters. The van der Waals surface area contributed by atoms with Gasteiger partial charge in [0.15, 0.2) is 5.65 Å². The molecule has 84 valence electrons. The molecular formula is C12H16N4. The number of aromatic nitrogens is 3. The molecule has 0 aliphatic heterocycles. The molecule has 0 bridgehead atoms. The van der Waals surface area contributed by atoms with E-state index in [1.165, 1.54) is 19.3 Å². The zero-order valence-corrected chi connectivity index (χ0v) is 9.48. The second kappa shape index (κ2) is 3.47. The number of hydrogen-bond acceptors (Lipinski definition) is 3. The maximum absolute atomic E-state index is 5.94. The Balaban J connectivity index is 2.06. The van der Waals surface area contributed by atoms with Gasteiger partial charge in [-0.1, -0.05) is 6.42 Å². The third-order valence-corrected chi connectivity index (χ3v) is 3.43. The van der Waals surface area contributed by atoms with Crippen LogP contribution in [0.3, 0.4) is 0 Å². The molecule has 1 aliphatic rings. The van der Waals surface area contributed by atoms with Crippen molar-refractivity contribution in [1.82, 2.24) is 14.5 Å². The zero-order valence-electron chi connectivity index (χ0n) is 9.48. The summed E-state index contributed by atoms with van der Waals surface area (Å²) in [5, 5.41) is 0. The van der Waals surface area contributed by atoms with Crippen LogP contribution in [0.4, 0.5) is 5.95 Å². The smallest absolute Gasteiger partial charge is 0.202 e. The molecule has 4 heteroatoms. The molecule has 2 N–H and O–H groups in total. The van der Waals surface area contributed by atoms with E-state index in [4.69, 9.17) is 5.73 Å². The molecule has 0 amide bonds. The van der Waals surface area contributed by atoms with Gasteiger partial charge in [0.1, 0.15) is 5.52 Å².